The van der Waals surface area contributed by atoms with E-state index in [4.69, 9.17) is 16.3 Å². The molecule has 0 spiro atoms. The van der Waals surface area contributed by atoms with E-state index in [0.29, 0.717) is 30.1 Å². The molecule has 164 valence electrons. The van der Waals surface area contributed by atoms with Crippen molar-refractivity contribution >= 4 is 34.3 Å². The maximum atomic E-state index is 14.6. The molecule has 3 heterocycles. The van der Waals surface area contributed by atoms with E-state index in [2.05, 4.69) is 24.8 Å². The van der Waals surface area contributed by atoms with E-state index in [9.17, 15) is 9.18 Å². The van der Waals surface area contributed by atoms with Crippen LogP contribution >= 0.6 is 11.6 Å². The second kappa shape index (κ2) is 8.16. The average Bonchev–Trinajstić information content (AvgIpc) is 3.16. The molecule has 0 amide bonds. The number of hydrogen-bond acceptors (Lipinski definition) is 6. The Hall–Kier alpha value is -3.59. The molecule has 0 radical (unpaired) electrons. The minimum atomic E-state index is -0.678. The number of fused-ring (bicyclic) bond motifs is 1. The molecule has 1 aliphatic rings. The third-order valence-electron chi connectivity index (χ3n) is 5.63. The fraction of sp³-hybridized carbons (Fsp3) is 0.227. The van der Waals surface area contributed by atoms with Crippen LogP contribution in [0.4, 0.5) is 15.9 Å². The number of methoxy groups -OCH3 is 1. The van der Waals surface area contributed by atoms with E-state index in [0.717, 1.165) is 24.5 Å². The summed E-state index contributed by atoms with van der Waals surface area (Å²) in [6, 6.07) is 12.4. The molecule has 0 saturated carbocycles. The van der Waals surface area contributed by atoms with E-state index in [1.807, 2.05) is 24.3 Å². The highest BCUT2D eigenvalue weighted by Crippen LogP contribution is 2.30. The van der Waals surface area contributed by atoms with Crippen molar-refractivity contribution in [1.29, 1.82) is 0 Å². The highest BCUT2D eigenvalue weighted by Gasteiger charge is 2.24. The number of piperazine rings is 1. The molecule has 2 aromatic carbocycles. The summed E-state index contributed by atoms with van der Waals surface area (Å²) in [5, 5.41) is -0.0644. The molecule has 10 heteroatoms. The van der Waals surface area contributed by atoms with Crippen molar-refractivity contribution in [3.05, 3.63) is 70.1 Å². The predicted octanol–water partition coefficient (Wildman–Crippen LogP) is 3.24. The number of aromatic nitrogens is 4. The lowest BCUT2D eigenvalue weighted by Gasteiger charge is -2.37. The third-order valence-corrected chi connectivity index (χ3v) is 5.92. The molecule has 0 bridgehead atoms. The summed E-state index contributed by atoms with van der Waals surface area (Å²) in [6.07, 6.45) is 1.39. The number of aromatic amines is 1. The molecule has 8 nitrogen and oxygen atoms in total. The number of hydrogen-bond donors (Lipinski definition) is 1. The van der Waals surface area contributed by atoms with Crippen LogP contribution in [0.15, 0.2) is 53.6 Å². The zero-order chi connectivity index (χ0) is 22.2. The molecule has 1 saturated heterocycles. The quantitative estimate of drug-likeness (QED) is 0.510. The number of imidazole rings is 1. The molecule has 5 rings (SSSR count). The average molecular weight is 455 g/mol. The summed E-state index contributed by atoms with van der Waals surface area (Å²) in [5.74, 6) is 0.756. The Morgan fingerprint density at radius 3 is 2.50 bits per heavy atom. The fourth-order valence-electron chi connectivity index (χ4n) is 4.09. The first-order valence-corrected chi connectivity index (χ1v) is 10.5. The number of anilines is 2. The maximum absolute atomic E-state index is 14.6. The van der Waals surface area contributed by atoms with Crippen LogP contribution in [0.25, 0.3) is 16.9 Å². The number of ether oxygens (including phenoxy) is 1. The largest absolute Gasteiger partial charge is 0.495 e. The van der Waals surface area contributed by atoms with Crippen molar-refractivity contribution in [3.63, 3.8) is 0 Å². The molecular weight excluding hydrogens is 435 g/mol. The van der Waals surface area contributed by atoms with Crippen molar-refractivity contribution < 1.29 is 9.13 Å². The molecule has 0 unspecified atom stereocenters. The molecule has 0 atom stereocenters. The fourth-order valence-corrected chi connectivity index (χ4v) is 4.26. The molecule has 1 aliphatic heterocycles. The van der Waals surface area contributed by atoms with Gasteiger partial charge in [0.15, 0.2) is 17.3 Å². The molecule has 1 fully saturated rings. The Morgan fingerprint density at radius 2 is 1.72 bits per heavy atom. The van der Waals surface area contributed by atoms with Crippen LogP contribution in [0, 0.1) is 5.82 Å². The standard InChI is InChI=1S/C22H20ClFN6O2/c1-32-17-8-3-2-6-15(17)28-9-11-29(12-10-28)20-19-21(26-13-25-20)30(22(31)27-19)16-7-4-5-14(23)18(16)24/h2-8,13H,9-12H2,1H3,(H,27,31). The molecular formula is C22H20ClFN6O2. The van der Waals surface area contributed by atoms with E-state index in [1.54, 1.807) is 13.2 Å². The smallest absolute Gasteiger partial charge is 0.332 e. The second-order valence-electron chi connectivity index (χ2n) is 7.38. The van der Waals surface area contributed by atoms with Crippen molar-refractivity contribution in [2.75, 3.05) is 43.1 Å². The normalized spacial score (nSPS) is 14.2. The molecule has 0 aliphatic carbocycles. The van der Waals surface area contributed by atoms with Gasteiger partial charge in [0.25, 0.3) is 0 Å². The monoisotopic (exact) mass is 454 g/mol. The highest BCUT2D eigenvalue weighted by atomic mass is 35.5. The van der Waals surface area contributed by atoms with Gasteiger partial charge in [-0.05, 0) is 24.3 Å². The van der Waals surface area contributed by atoms with Crippen molar-refractivity contribution in [2.45, 2.75) is 0 Å². The number of para-hydroxylation sites is 2. The Balaban J connectivity index is 1.48. The summed E-state index contributed by atoms with van der Waals surface area (Å²) >= 11 is 5.92. The zero-order valence-corrected chi connectivity index (χ0v) is 18.0. The first-order chi connectivity index (χ1) is 15.6. The lowest BCUT2D eigenvalue weighted by Crippen LogP contribution is -2.47. The lowest BCUT2D eigenvalue weighted by molar-refractivity contribution is 0.413. The summed E-state index contributed by atoms with van der Waals surface area (Å²) in [4.78, 5) is 28.5. The van der Waals surface area contributed by atoms with Gasteiger partial charge in [-0.2, -0.15) is 0 Å². The van der Waals surface area contributed by atoms with Crippen LogP contribution in [-0.4, -0.2) is 52.8 Å². The van der Waals surface area contributed by atoms with E-state index < -0.39 is 11.5 Å². The van der Waals surface area contributed by atoms with E-state index in [1.165, 1.54) is 23.0 Å². The first-order valence-electron chi connectivity index (χ1n) is 10.1. The van der Waals surface area contributed by atoms with Gasteiger partial charge in [0.1, 0.15) is 17.6 Å². The maximum Gasteiger partial charge on any atom is 0.332 e. The van der Waals surface area contributed by atoms with Gasteiger partial charge in [0, 0.05) is 26.2 Å². The Kier molecular flexibility index (Phi) is 5.18. The molecule has 2 aromatic heterocycles. The molecule has 32 heavy (non-hydrogen) atoms. The predicted molar refractivity (Wildman–Crippen MR) is 122 cm³/mol. The van der Waals surface area contributed by atoms with Crippen LogP contribution in [-0.2, 0) is 0 Å². The van der Waals surface area contributed by atoms with Gasteiger partial charge in [-0.3, -0.25) is 0 Å². The van der Waals surface area contributed by atoms with Gasteiger partial charge < -0.3 is 19.5 Å². The van der Waals surface area contributed by atoms with Gasteiger partial charge >= 0.3 is 5.69 Å². The van der Waals surface area contributed by atoms with Gasteiger partial charge in [0.2, 0.25) is 0 Å². The Labute approximate surface area is 187 Å². The minimum absolute atomic E-state index is 0.0411. The number of halogens is 2. The summed E-state index contributed by atoms with van der Waals surface area (Å²) < 4.78 is 21.3. The summed E-state index contributed by atoms with van der Waals surface area (Å²) in [7, 11) is 1.66. The van der Waals surface area contributed by atoms with Crippen molar-refractivity contribution in [1.82, 2.24) is 19.5 Å². The topological polar surface area (TPSA) is 79.3 Å². The number of benzene rings is 2. The van der Waals surface area contributed by atoms with Crippen molar-refractivity contribution in [2.24, 2.45) is 0 Å². The number of rotatable bonds is 4. The third kappa shape index (κ3) is 3.34. The van der Waals surface area contributed by atoms with Crippen LogP contribution in [0.2, 0.25) is 5.02 Å². The SMILES string of the molecule is COc1ccccc1N1CCN(c2ncnc3c2[nH]c(=O)n3-c2cccc(Cl)c2F)CC1. The molecule has 1 N–H and O–H groups in total. The van der Waals surface area contributed by atoms with Crippen molar-refractivity contribution in [3.8, 4) is 11.4 Å². The van der Waals surface area contributed by atoms with Gasteiger partial charge in [-0.15, -0.1) is 0 Å². The minimum Gasteiger partial charge on any atom is -0.495 e. The van der Waals surface area contributed by atoms with Crippen LogP contribution in [0.5, 0.6) is 5.75 Å². The Morgan fingerprint density at radius 1 is 1.00 bits per heavy atom. The summed E-state index contributed by atoms with van der Waals surface area (Å²) in [5.41, 5.74) is 1.34. The lowest BCUT2D eigenvalue weighted by atomic mass is 10.2. The number of nitrogens with one attached hydrogen (secondary N) is 1. The summed E-state index contributed by atoms with van der Waals surface area (Å²) in [6.45, 7) is 2.87. The Bertz CT molecular complexity index is 1350. The number of H-pyrrole nitrogens is 1. The zero-order valence-electron chi connectivity index (χ0n) is 17.3. The van der Waals surface area contributed by atoms with Crippen LogP contribution < -0.4 is 20.2 Å². The van der Waals surface area contributed by atoms with Gasteiger partial charge in [-0.1, -0.05) is 29.8 Å². The van der Waals surface area contributed by atoms with E-state index >= 15 is 0 Å². The first kappa shape index (κ1) is 20.3. The van der Waals surface area contributed by atoms with Crippen LogP contribution in [0.1, 0.15) is 0 Å². The van der Waals surface area contributed by atoms with Crippen LogP contribution in [0.3, 0.4) is 0 Å². The van der Waals surface area contributed by atoms with Gasteiger partial charge in [0.05, 0.1) is 23.5 Å². The van der Waals surface area contributed by atoms with E-state index in [-0.39, 0.29) is 10.7 Å². The van der Waals surface area contributed by atoms with Gasteiger partial charge in [-0.25, -0.2) is 23.7 Å². The second-order valence-corrected chi connectivity index (χ2v) is 7.79. The molecule has 4 aromatic rings. The number of nitrogens with zero attached hydrogens (tertiary/aromatic N) is 5. The highest BCUT2D eigenvalue weighted by molar-refractivity contribution is 6.30.